The molecule has 0 aliphatic carbocycles. The van der Waals surface area contributed by atoms with Gasteiger partial charge in [0.05, 0.1) is 4.90 Å². The van der Waals surface area contributed by atoms with Crippen molar-refractivity contribution in [2.24, 2.45) is 4.99 Å². The molecule has 2 aromatic rings. The van der Waals surface area contributed by atoms with E-state index in [2.05, 4.69) is 4.99 Å². The van der Waals surface area contributed by atoms with Gasteiger partial charge in [-0.05, 0) is 36.8 Å². The fourth-order valence-electron chi connectivity index (χ4n) is 2.35. The summed E-state index contributed by atoms with van der Waals surface area (Å²) in [5.41, 5.74) is 8.00. The molecule has 1 aliphatic rings. The van der Waals surface area contributed by atoms with E-state index >= 15 is 0 Å². The Bertz CT molecular complexity index is 796. The molecule has 22 heavy (non-hydrogen) atoms. The molecule has 6 heteroatoms. The number of nitrogens with zero attached hydrogens (tertiary/aromatic N) is 1. The smallest absolute Gasteiger partial charge is 0.205 e. The third kappa shape index (κ3) is 2.57. The fraction of sp³-hybridized carbons (Fsp3) is 0.188. The van der Waals surface area contributed by atoms with Crippen LogP contribution in [0.2, 0.25) is 0 Å². The lowest BCUT2D eigenvalue weighted by molar-refractivity contribution is 0.227. The number of aliphatic imine (C=N–C) groups is 1. The van der Waals surface area contributed by atoms with Crippen molar-refractivity contribution in [1.82, 2.24) is 0 Å². The molecule has 2 aromatic carbocycles. The summed E-state index contributed by atoms with van der Waals surface area (Å²) in [7, 11) is -3.62. The average Bonchev–Trinajstić information content (AvgIpc) is 2.99. The molecule has 2 N–H and O–H groups in total. The number of ether oxygens (including phenoxy) is 1. The van der Waals surface area contributed by atoms with E-state index in [0.717, 1.165) is 11.1 Å². The molecule has 0 aromatic heterocycles. The van der Waals surface area contributed by atoms with Crippen molar-refractivity contribution in [3.05, 3.63) is 59.7 Å². The van der Waals surface area contributed by atoms with E-state index in [0.29, 0.717) is 5.69 Å². The maximum absolute atomic E-state index is 12.8. The number of aryl methyl sites for hydroxylation is 1. The van der Waals surface area contributed by atoms with Gasteiger partial charge >= 0.3 is 0 Å². The fourth-order valence-corrected chi connectivity index (χ4v) is 3.90. The van der Waals surface area contributed by atoms with Crippen molar-refractivity contribution in [3.63, 3.8) is 0 Å². The molecule has 1 heterocycles. The Kier molecular flexibility index (Phi) is 3.62. The Balaban J connectivity index is 1.96. The highest BCUT2D eigenvalue weighted by molar-refractivity contribution is 7.92. The normalized spacial score (nSPS) is 20.8. The van der Waals surface area contributed by atoms with Gasteiger partial charge in [-0.3, -0.25) is 0 Å². The summed E-state index contributed by atoms with van der Waals surface area (Å²) >= 11 is 0. The van der Waals surface area contributed by atoms with E-state index < -0.39 is 21.3 Å². The van der Waals surface area contributed by atoms with Gasteiger partial charge in [0, 0.05) is 5.69 Å². The first-order valence-electron chi connectivity index (χ1n) is 6.81. The summed E-state index contributed by atoms with van der Waals surface area (Å²) in [5.74, 6) is 0. The van der Waals surface area contributed by atoms with Crippen LogP contribution in [-0.4, -0.2) is 20.2 Å². The number of hydrogen-bond donors (Lipinski definition) is 1. The molecule has 0 radical (unpaired) electrons. The minimum atomic E-state index is -3.62. The van der Waals surface area contributed by atoms with Gasteiger partial charge < -0.3 is 10.5 Å². The minimum Gasteiger partial charge on any atom is -0.472 e. The summed E-state index contributed by atoms with van der Waals surface area (Å²) in [6.07, 6.45) is 0.546. The van der Waals surface area contributed by atoms with Crippen LogP contribution in [0.3, 0.4) is 0 Å². The first kappa shape index (κ1) is 14.6. The van der Waals surface area contributed by atoms with Gasteiger partial charge in [0.2, 0.25) is 9.84 Å². The van der Waals surface area contributed by atoms with Gasteiger partial charge in [-0.1, -0.05) is 29.8 Å². The lowest BCUT2D eigenvalue weighted by atomic mass is 10.1. The van der Waals surface area contributed by atoms with Crippen molar-refractivity contribution in [3.8, 4) is 0 Å². The molecule has 1 aliphatic heterocycles. The molecule has 0 saturated carbocycles. The number of rotatable bonds is 3. The van der Waals surface area contributed by atoms with Crippen LogP contribution in [0.4, 0.5) is 5.69 Å². The van der Waals surface area contributed by atoms with Crippen LogP contribution in [0, 0.1) is 6.92 Å². The quantitative estimate of drug-likeness (QED) is 0.882. The highest BCUT2D eigenvalue weighted by atomic mass is 32.2. The van der Waals surface area contributed by atoms with Crippen LogP contribution in [0.15, 0.2) is 58.4 Å². The van der Waals surface area contributed by atoms with Crippen LogP contribution in [-0.2, 0) is 14.6 Å². The summed E-state index contributed by atoms with van der Waals surface area (Å²) < 4.78 is 31.0. The number of anilines is 1. The average molecular weight is 316 g/mol. The van der Waals surface area contributed by atoms with E-state index in [1.165, 1.54) is 6.40 Å². The highest BCUT2D eigenvalue weighted by Gasteiger charge is 2.39. The molecule has 5 nitrogen and oxygen atoms in total. The maximum atomic E-state index is 12.8. The number of nitrogens with two attached hydrogens (primary N) is 1. The maximum Gasteiger partial charge on any atom is 0.205 e. The van der Waals surface area contributed by atoms with Crippen molar-refractivity contribution in [2.75, 3.05) is 5.73 Å². The number of benzene rings is 2. The van der Waals surface area contributed by atoms with E-state index in [1.807, 2.05) is 6.92 Å². The predicted octanol–water partition coefficient (Wildman–Crippen LogP) is 2.48. The zero-order valence-electron chi connectivity index (χ0n) is 12.0. The monoisotopic (exact) mass is 316 g/mol. The van der Waals surface area contributed by atoms with Gasteiger partial charge in [0.1, 0.15) is 0 Å². The van der Waals surface area contributed by atoms with E-state index in [-0.39, 0.29) is 4.90 Å². The van der Waals surface area contributed by atoms with Crippen molar-refractivity contribution >= 4 is 21.9 Å². The number of hydrogen-bond acceptors (Lipinski definition) is 5. The van der Waals surface area contributed by atoms with Gasteiger partial charge in [-0.25, -0.2) is 13.4 Å². The molecule has 0 saturated heterocycles. The number of sulfone groups is 1. The van der Waals surface area contributed by atoms with Crippen LogP contribution in [0.5, 0.6) is 0 Å². The Morgan fingerprint density at radius 3 is 2.32 bits per heavy atom. The third-order valence-electron chi connectivity index (χ3n) is 3.61. The summed E-state index contributed by atoms with van der Waals surface area (Å²) in [5, 5.41) is -0.987. The summed E-state index contributed by atoms with van der Waals surface area (Å²) in [4.78, 5) is 4.26. The number of nitrogen functional groups attached to an aromatic ring is 1. The molecule has 3 rings (SSSR count). The molecule has 114 valence electrons. The molecule has 2 atom stereocenters. The van der Waals surface area contributed by atoms with Crippen molar-refractivity contribution in [1.29, 1.82) is 0 Å². The Hall–Kier alpha value is -2.34. The van der Waals surface area contributed by atoms with Gasteiger partial charge in [-0.2, -0.15) is 0 Å². The SMILES string of the molecule is Cc1ccc(S(=O)(=O)[C@H]2N=CO[C@@H]2c2ccc(N)cc2)cc1. The van der Waals surface area contributed by atoms with Gasteiger partial charge in [-0.15, -0.1) is 0 Å². The lowest BCUT2D eigenvalue weighted by Crippen LogP contribution is -2.24. The van der Waals surface area contributed by atoms with E-state index in [4.69, 9.17) is 10.5 Å². The molecule has 0 bridgehead atoms. The molecule has 0 fully saturated rings. The van der Waals surface area contributed by atoms with Crippen LogP contribution >= 0.6 is 0 Å². The Morgan fingerprint density at radius 1 is 1.05 bits per heavy atom. The molecule has 0 unspecified atom stereocenters. The van der Waals surface area contributed by atoms with E-state index in [9.17, 15) is 8.42 Å². The van der Waals surface area contributed by atoms with Crippen LogP contribution in [0.1, 0.15) is 17.2 Å². The predicted molar refractivity (Wildman–Crippen MR) is 85.3 cm³/mol. The standard InChI is InChI=1S/C16H16N2O3S/c1-11-2-8-14(9-3-11)22(19,20)16-15(21-10-18-16)12-4-6-13(17)7-5-12/h2-10,15-16H,17H2,1H3/t15-,16-/m1/s1. The zero-order chi connectivity index (χ0) is 15.7. The lowest BCUT2D eigenvalue weighted by Gasteiger charge is -2.18. The highest BCUT2D eigenvalue weighted by Crippen LogP contribution is 2.34. The largest absolute Gasteiger partial charge is 0.472 e. The third-order valence-corrected chi connectivity index (χ3v) is 5.54. The molecule has 0 spiro atoms. The van der Waals surface area contributed by atoms with Gasteiger partial charge in [0.25, 0.3) is 0 Å². The molecular formula is C16H16N2O3S. The molecule has 0 amide bonds. The first-order valence-corrected chi connectivity index (χ1v) is 8.36. The first-order chi connectivity index (χ1) is 10.5. The van der Waals surface area contributed by atoms with Gasteiger partial charge in [0.15, 0.2) is 17.9 Å². The Morgan fingerprint density at radius 2 is 1.68 bits per heavy atom. The summed E-state index contributed by atoms with van der Waals surface area (Å²) in [6.45, 7) is 1.91. The minimum absolute atomic E-state index is 0.242. The van der Waals surface area contributed by atoms with Crippen molar-refractivity contribution in [2.45, 2.75) is 23.3 Å². The van der Waals surface area contributed by atoms with Crippen LogP contribution < -0.4 is 5.73 Å². The second-order valence-corrected chi connectivity index (χ2v) is 7.27. The topological polar surface area (TPSA) is 81.8 Å². The van der Waals surface area contributed by atoms with Crippen molar-refractivity contribution < 1.29 is 13.2 Å². The van der Waals surface area contributed by atoms with Crippen LogP contribution in [0.25, 0.3) is 0 Å². The van der Waals surface area contributed by atoms with E-state index in [1.54, 1.807) is 48.5 Å². The Labute approximate surface area is 129 Å². The zero-order valence-corrected chi connectivity index (χ0v) is 12.8. The molecular weight excluding hydrogens is 300 g/mol. The second-order valence-electron chi connectivity index (χ2n) is 5.23. The second kappa shape index (κ2) is 5.46. The summed E-state index contributed by atoms with van der Waals surface area (Å²) in [6, 6.07) is 13.7.